The lowest BCUT2D eigenvalue weighted by Crippen LogP contribution is -2.48. The number of carbonyl (C=O) groups excluding carboxylic acids is 2. The molecule has 130 valence electrons. The van der Waals surface area contributed by atoms with E-state index >= 15 is 0 Å². The molecular weight excluding hydrogens is 330 g/mol. The van der Waals surface area contributed by atoms with Crippen molar-refractivity contribution in [3.8, 4) is 5.69 Å². The molecular formula is C21H17NO4. The molecule has 0 radical (unpaired) electrons. The summed E-state index contributed by atoms with van der Waals surface area (Å²) >= 11 is 0. The van der Waals surface area contributed by atoms with Crippen LogP contribution in [0.15, 0.2) is 79.1 Å². The third kappa shape index (κ3) is 2.89. The van der Waals surface area contributed by atoms with E-state index in [4.69, 9.17) is 0 Å². The number of hydrogen-bond acceptors (Lipinski definition) is 4. The molecule has 0 spiro atoms. The average molecular weight is 347 g/mol. The van der Waals surface area contributed by atoms with E-state index in [0.717, 1.165) is 0 Å². The van der Waals surface area contributed by atoms with E-state index in [1.165, 1.54) is 25.1 Å². The highest BCUT2D eigenvalue weighted by atomic mass is 16.4. The minimum absolute atomic E-state index is 0.0231. The van der Waals surface area contributed by atoms with Crippen molar-refractivity contribution in [1.82, 2.24) is 0 Å². The average Bonchev–Trinajstić information content (AvgIpc) is 2.67. The number of aliphatic hydroxyl groups is 1. The largest absolute Gasteiger partial charge is 0.546 e. The van der Waals surface area contributed by atoms with Crippen LogP contribution in [0.1, 0.15) is 28.4 Å². The van der Waals surface area contributed by atoms with Crippen molar-refractivity contribution < 1.29 is 24.4 Å². The predicted octanol–water partition coefficient (Wildman–Crippen LogP) is 1.15. The van der Waals surface area contributed by atoms with E-state index in [0.29, 0.717) is 5.69 Å². The van der Waals surface area contributed by atoms with Gasteiger partial charge in [0, 0.05) is 23.8 Å². The SMILES string of the molecule is CC(=O)c1c(-[n+]2ccccc2)cccc1C(O)(C(=O)[O-])c1ccccc1. The highest BCUT2D eigenvalue weighted by Gasteiger charge is 2.38. The van der Waals surface area contributed by atoms with Gasteiger partial charge in [0.15, 0.2) is 23.8 Å². The fourth-order valence-corrected chi connectivity index (χ4v) is 3.05. The van der Waals surface area contributed by atoms with E-state index in [2.05, 4.69) is 0 Å². The summed E-state index contributed by atoms with van der Waals surface area (Å²) in [4.78, 5) is 24.4. The fourth-order valence-electron chi connectivity index (χ4n) is 3.05. The molecule has 0 saturated carbocycles. The van der Waals surface area contributed by atoms with Gasteiger partial charge in [-0.15, -0.1) is 0 Å². The number of carbonyl (C=O) groups is 2. The maximum atomic E-state index is 12.4. The Kier molecular flexibility index (Phi) is 4.65. The standard InChI is InChI=1S/C21H17NO4/c1-15(23)19-17(11-8-12-18(19)22-13-6-3-7-14-22)21(26,20(24)25)16-9-4-2-5-10-16/h2-14,26H,1H3. The third-order valence-electron chi connectivity index (χ3n) is 4.27. The maximum absolute atomic E-state index is 12.4. The van der Waals surface area contributed by atoms with Crippen LogP contribution in [0.2, 0.25) is 0 Å². The number of benzene rings is 2. The molecule has 1 aromatic heterocycles. The summed E-state index contributed by atoms with van der Waals surface area (Å²) in [6.45, 7) is 1.34. The number of aromatic nitrogens is 1. The lowest BCUT2D eigenvalue weighted by Gasteiger charge is -2.31. The van der Waals surface area contributed by atoms with E-state index in [1.807, 2.05) is 6.07 Å². The second-order valence-corrected chi connectivity index (χ2v) is 5.90. The quantitative estimate of drug-likeness (QED) is 0.555. The molecule has 1 unspecified atom stereocenters. The van der Waals surface area contributed by atoms with Gasteiger partial charge in [0.05, 0.1) is 11.5 Å². The molecule has 26 heavy (non-hydrogen) atoms. The van der Waals surface area contributed by atoms with E-state index in [1.54, 1.807) is 59.4 Å². The Morgan fingerprint density at radius 3 is 2.12 bits per heavy atom. The van der Waals surface area contributed by atoms with Crippen LogP contribution in [0.25, 0.3) is 5.69 Å². The first-order valence-electron chi connectivity index (χ1n) is 8.06. The molecule has 0 amide bonds. The number of aliphatic carboxylic acids is 1. The van der Waals surface area contributed by atoms with Crippen LogP contribution in [0.3, 0.4) is 0 Å². The van der Waals surface area contributed by atoms with Crippen molar-refractivity contribution in [3.05, 3.63) is 95.8 Å². The first kappa shape index (κ1) is 17.5. The summed E-state index contributed by atoms with van der Waals surface area (Å²) in [5.41, 5.74) is -1.75. The van der Waals surface area contributed by atoms with Crippen LogP contribution >= 0.6 is 0 Å². The van der Waals surface area contributed by atoms with Crippen LogP contribution in [-0.2, 0) is 10.4 Å². The lowest BCUT2D eigenvalue weighted by atomic mass is 9.82. The number of carboxylic acids is 1. The Hall–Kier alpha value is -3.31. The second-order valence-electron chi connectivity index (χ2n) is 5.90. The molecule has 0 fully saturated rings. The van der Waals surface area contributed by atoms with Crippen molar-refractivity contribution in [3.63, 3.8) is 0 Å². The molecule has 5 heteroatoms. The van der Waals surface area contributed by atoms with E-state index in [9.17, 15) is 19.8 Å². The molecule has 0 aliphatic heterocycles. The van der Waals surface area contributed by atoms with Gasteiger partial charge in [-0.1, -0.05) is 48.5 Å². The molecule has 2 aromatic carbocycles. The van der Waals surface area contributed by atoms with Gasteiger partial charge in [0.25, 0.3) is 0 Å². The first-order valence-corrected chi connectivity index (χ1v) is 8.06. The van der Waals surface area contributed by atoms with Gasteiger partial charge in [0.1, 0.15) is 0 Å². The smallest absolute Gasteiger partial charge is 0.221 e. The number of hydrogen-bond donors (Lipinski definition) is 1. The molecule has 1 N–H and O–H groups in total. The minimum Gasteiger partial charge on any atom is -0.546 e. The van der Waals surface area contributed by atoms with Gasteiger partial charge < -0.3 is 15.0 Å². The van der Waals surface area contributed by atoms with Gasteiger partial charge >= 0.3 is 0 Å². The number of carboxylic acid groups (broad SMARTS) is 1. The van der Waals surface area contributed by atoms with Crippen molar-refractivity contribution in [1.29, 1.82) is 0 Å². The molecule has 3 aromatic rings. The van der Waals surface area contributed by atoms with Crippen LogP contribution in [0.4, 0.5) is 0 Å². The molecule has 3 rings (SSSR count). The van der Waals surface area contributed by atoms with Crippen LogP contribution in [0, 0.1) is 0 Å². The Morgan fingerprint density at radius 2 is 1.54 bits per heavy atom. The number of rotatable bonds is 5. The third-order valence-corrected chi connectivity index (χ3v) is 4.27. The Morgan fingerprint density at radius 1 is 0.923 bits per heavy atom. The monoisotopic (exact) mass is 347 g/mol. The summed E-state index contributed by atoms with van der Waals surface area (Å²) in [6, 6.07) is 18.1. The lowest BCUT2D eigenvalue weighted by molar-refractivity contribution is -0.595. The zero-order chi connectivity index (χ0) is 18.7. The van der Waals surface area contributed by atoms with Gasteiger partial charge in [0.2, 0.25) is 5.69 Å². The molecule has 1 heterocycles. The summed E-state index contributed by atoms with van der Waals surface area (Å²) in [5, 5.41) is 23.1. The zero-order valence-electron chi connectivity index (χ0n) is 14.1. The Labute approximate surface area is 150 Å². The highest BCUT2D eigenvalue weighted by Crippen LogP contribution is 2.33. The molecule has 5 nitrogen and oxygen atoms in total. The van der Waals surface area contributed by atoms with Gasteiger partial charge in [-0.2, -0.15) is 4.57 Å². The van der Waals surface area contributed by atoms with Gasteiger partial charge in [-0.25, -0.2) is 0 Å². The van der Waals surface area contributed by atoms with Gasteiger partial charge in [-0.05, 0) is 12.5 Å². The molecule has 0 aliphatic rings. The minimum atomic E-state index is -2.45. The van der Waals surface area contributed by atoms with Gasteiger partial charge in [-0.3, -0.25) is 4.79 Å². The summed E-state index contributed by atoms with van der Waals surface area (Å²) in [6.07, 6.45) is 3.48. The van der Waals surface area contributed by atoms with E-state index < -0.39 is 11.6 Å². The Balaban J connectivity index is 2.34. The topological polar surface area (TPSA) is 81.3 Å². The van der Waals surface area contributed by atoms with Crippen molar-refractivity contribution in [2.24, 2.45) is 0 Å². The second kappa shape index (κ2) is 6.90. The number of pyridine rings is 1. The van der Waals surface area contributed by atoms with Crippen LogP contribution in [-0.4, -0.2) is 16.9 Å². The fraction of sp³-hybridized carbons (Fsp3) is 0.0952. The summed E-state index contributed by atoms with van der Waals surface area (Å²) < 4.78 is 1.70. The molecule has 0 bridgehead atoms. The maximum Gasteiger partial charge on any atom is 0.221 e. The van der Waals surface area contributed by atoms with E-state index in [-0.39, 0.29) is 22.5 Å². The van der Waals surface area contributed by atoms with Crippen molar-refractivity contribution in [2.45, 2.75) is 12.5 Å². The van der Waals surface area contributed by atoms with Crippen LogP contribution in [0.5, 0.6) is 0 Å². The highest BCUT2D eigenvalue weighted by molar-refractivity contribution is 6.01. The normalized spacial score (nSPS) is 13.0. The predicted molar refractivity (Wildman–Crippen MR) is 92.4 cm³/mol. The first-order chi connectivity index (χ1) is 12.5. The molecule has 0 saturated heterocycles. The zero-order valence-corrected chi connectivity index (χ0v) is 14.1. The summed E-state index contributed by atoms with van der Waals surface area (Å²) in [5.74, 6) is -2.05. The van der Waals surface area contributed by atoms with Crippen molar-refractivity contribution >= 4 is 11.8 Å². The number of Topliss-reactive ketones (excluding diaryl/α,β-unsaturated/α-hetero) is 1. The molecule has 0 aliphatic carbocycles. The number of ketones is 1. The number of nitrogens with zero attached hydrogens (tertiary/aromatic N) is 1. The van der Waals surface area contributed by atoms with Crippen LogP contribution < -0.4 is 9.67 Å². The Bertz CT molecular complexity index is 954. The molecule has 1 atom stereocenters. The summed E-state index contributed by atoms with van der Waals surface area (Å²) in [7, 11) is 0. The van der Waals surface area contributed by atoms with Crippen molar-refractivity contribution in [2.75, 3.05) is 0 Å².